The molecule has 2 aliphatic heterocycles. The maximum absolute atomic E-state index is 11.5. The first-order valence-electron chi connectivity index (χ1n) is 6.42. The van der Waals surface area contributed by atoms with Gasteiger partial charge in [0.15, 0.2) is 0 Å². The van der Waals surface area contributed by atoms with Crippen LogP contribution < -0.4 is 11.1 Å². The Morgan fingerprint density at radius 2 is 1.83 bits per heavy atom. The number of nitrogens with one attached hydrogen (secondary N) is 1. The molecule has 0 saturated carbocycles. The van der Waals surface area contributed by atoms with Gasteiger partial charge in [-0.15, -0.1) is 24.8 Å². The molecule has 0 aromatic rings. The molecule has 3 N–H and O–H groups in total. The predicted octanol–water partition coefficient (Wildman–Crippen LogP) is 1.31. The van der Waals surface area contributed by atoms with Gasteiger partial charge in [-0.1, -0.05) is 6.42 Å². The highest BCUT2D eigenvalue weighted by Gasteiger charge is 2.36. The number of hydrogen-bond acceptors (Lipinski definition) is 3. The van der Waals surface area contributed by atoms with E-state index >= 15 is 0 Å². The first-order valence-corrected chi connectivity index (χ1v) is 6.42. The molecule has 0 spiro atoms. The summed E-state index contributed by atoms with van der Waals surface area (Å²) in [7, 11) is 2.23. The highest BCUT2D eigenvalue weighted by atomic mass is 35.5. The van der Waals surface area contributed by atoms with E-state index in [0.717, 1.165) is 12.8 Å². The van der Waals surface area contributed by atoms with E-state index < -0.39 is 0 Å². The van der Waals surface area contributed by atoms with E-state index in [2.05, 4.69) is 17.3 Å². The Balaban J connectivity index is 0.00000144. The number of carbonyl (C=O) groups excluding carboxylic acids is 1. The minimum absolute atomic E-state index is 0. The van der Waals surface area contributed by atoms with Crippen LogP contribution in [0.5, 0.6) is 0 Å². The van der Waals surface area contributed by atoms with Crippen LogP contribution >= 0.6 is 24.8 Å². The fraction of sp³-hybridized carbons (Fsp3) is 0.917. The van der Waals surface area contributed by atoms with Crippen LogP contribution in [0.1, 0.15) is 38.5 Å². The van der Waals surface area contributed by atoms with Crippen LogP contribution in [0.2, 0.25) is 0 Å². The number of fused-ring (bicyclic) bond motifs is 2. The normalized spacial score (nSPS) is 30.9. The Labute approximate surface area is 122 Å². The van der Waals surface area contributed by atoms with Gasteiger partial charge in [0.2, 0.25) is 5.91 Å². The SMILES string of the molecule is CN1C2CCCC1CC(NC(=O)CCN)C2.Cl.Cl. The largest absolute Gasteiger partial charge is 0.353 e. The van der Waals surface area contributed by atoms with Gasteiger partial charge in [0.05, 0.1) is 0 Å². The second-order valence-corrected chi connectivity index (χ2v) is 5.18. The molecule has 18 heavy (non-hydrogen) atoms. The van der Waals surface area contributed by atoms with Gasteiger partial charge in [-0.25, -0.2) is 0 Å². The molecule has 108 valence electrons. The Hall–Kier alpha value is -0.0300. The summed E-state index contributed by atoms with van der Waals surface area (Å²) in [6.07, 6.45) is 6.62. The third-order valence-corrected chi connectivity index (χ3v) is 4.08. The molecule has 2 saturated heterocycles. The zero-order chi connectivity index (χ0) is 11.5. The molecular formula is C12H25Cl2N3O. The number of rotatable bonds is 3. The molecule has 0 aliphatic carbocycles. The molecule has 2 rings (SSSR count). The topological polar surface area (TPSA) is 58.4 Å². The zero-order valence-corrected chi connectivity index (χ0v) is 12.6. The van der Waals surface area contributed by atoms with Gasteiger partial charge >= 0.3 is 0 Å². The molecule has 2 fully saturated rings. The van der Waals surface area contributed by atoms with E-state index in [0.29, 0.717) is 31.1 Å². The Morgan fingerprint density at radius 1 is 1.28 bits per heavy atom. The van der Waals surface area contributed by atoms with E-state index in [9.17, 15) is 4.79 Å². The number of carbonyl (C=O) groups is 1. The first kappa shape index (κ1) is 18.0. The van der Waals surface area contributed by atoms with Gasteiger partial charge in [0, 0.05) is 31.1 Å². The van der Waals surface area contributed by atoms with Crippen molar-refractivity contribution >= 4 is 30.7 Å². The van der Waals surface area contributed by atoms with E-state index in [1.54, 1.807) is 0 Å². The summed E-state index contributed by atoms with van der Waals surface area (Å²) >= 11 is 0. The average molecular weight is 298 g/mol. The monoisotopic (exact) mass is 297 g/mol. The second-order valence-electron chi connectivity index (χ2n) is 5.18. The highest BCUT2D eigenvalue weighted by molar-refractivity contribution is 5.85. The molecule has 2 bridgehead atoms. The molecule has 2 heterocycles. The summed E-state index contributed by atoms with van der Waals surface area (Å²) in [6.45, 7) is 0.450. The van der Waals surface area contributed by atoms with Gasteiger partial charge < -0.3 is 16.0 Å². The number of nitrogens with zero attached hydrogens (tertiary/aromatic N) is 1. The molecule has 0 aromatic carbocycles. The minimum atomic E-state index is 0. The van der Waals surface area contributed by atoms with Crippen LogP contribution in [0, 0.1) is 0 Å². The van der Waals surface area contributed by atoms with Crippen molar-refractivity contribution in [3.05, 3.63) is 0 Å². The lowest BCUT2D eigenvalue weighted by molar-refractivity contribution is -0.122. The van der Waals surface area contributed by atoms with Crippen LogP contribution in [-0.4, -0.2) is 42.5 Å². The van der Waals surface area contributed by atoms with Crippen molar-refractivity contribution in [3.63, 3.8) is 0 Å². The lowest BCUT2D eigenvalue weighted by Gasteiger charge is -2.47. The maximum Gasteiger partial charge on any atom is 0.221 e. The Kier molecular flexibility index (Phi) is 8.19. The summed E-state index contributed by atoms with van der Waals surface area (Å²) < 4.78 is 0. The fourth-order valence-electron chi connectivity index (χ4n) is 3.16. The molecule has 4 nitrogen and oxygen atoms in total. The Bertz CT molecular complexity index is 252. The standard InChI is InChI=1S/C12H23N3O.2ClH/c1-15-10-3-2-4-11(15)8-9(7-10)14-12(16)5-6-13;;/h9-11H,2-8,13H2,1H3,(H,14,16);2*1H. The third-order valence-electron chi connectivity index (χ3n) is 4.08. The van der Waals surface area contributed by atoms with Gasteiger partial charge in [0.25, 0.3) is 0 Å². The Morgan fingerprint density at radius 3 is 2.33 bits per heavy atom. The molecule has 0 radical (unpaired) electrons. The van der Waals surface area contributed by atoms with Crippen LogP contribution in [0.15, 0.2) is 0 Å². The number of amides is 1. The van der Waals surface area contributed by atoms with Gasteiger partial charge in [-0.3, -0.25) is 4.79 Å². The summed E-state index contributed by atoms with van der Waals surface area (Å²) in [5.41, 5.74) is 5.38. The second kappa shape index (κ2) is 8.20. The maximum atomic E-state index is 11.5. The minimum Gasteiger partial charge on any atom is -0.353 e. The smallest absolute Gasteiger partial charge is 0.221 e. The highest BCUT2D eigenvalue weighted by Crippen LogP contribution is 2.32. The summed E-state index contributed by atoms with van der Waals surface area (Å²) in [6, 6.07) is 1.73. The molecule has 2 atom stereocenters. The molecule has 6 heteroatoms. The molecule has 1 amide bonds. The van der Waals surface area contributed by atoms with Crippen molar-refractivity contribution in [2.24, 2.45) is 5.73 Å². The van der Waals surface area contributed by atoms with Gasteiger partial charge in [-0.05, 0) is 32.7 Å². The lowest BCUT2D eigenvalue weighted by atomic mass is 9.82. The van der Waals surface area contributed by atoms with E-state index in [1.165, 1.54) is 19.3 Å². The van der Waals surface area contributed by atoms with E-state index in [4.69, 9.17) is 5.73 Å². The van der Waals surface area contributed by atoms with E-state index in [-0.39, 0.29) is 30.7 Å². The number of halogens is 2. The summed E-state index contributed by atoms with van der Waals surface area (Å²) in [5.74, 6) is 0.120. The molecule has 2 unspecified atom stereocenters. The van der Waals surface area contributed by atoms with Crippen LogP contribution in [0.25, 0.3) is 0 Å². The summed E-state index contributed by atoms with van der Waals surface area (Å²) in [4.78, 5) is 14.0. The van der Waals surface area contributed by atoms with Crippen molar-refractivity contribution in [3.8, 4) is 0 Å². The van der Waals surface area contributed by atoms with Crippen molar-refractivity contribution in [1.82, 2.24) is 10.2 Å². The molecular weight excluding hydrogens is 273 g/mol. The predicted molar refractivity (Wildman–Crippen MR) is 78.5 cm³/mol. The van der Waals surface area contributed by atoms with Crippen molar-refractivity contribution in [2.75, 3.05) is 13.6 Å². The lowest BCUT2D eigenvalue weighted by Crippen LogP contribution is -2.55. The third kappa shape index (κ3) is 4.26. The fourth-order valence-corrected chi connectivity index (χ4v) is 3.16. The van der Waals surface area contributed by atoms with Crippen molar-refractivity contribution < 1.29 is 4.79 Å². The average Bonchev–Trinajstić information content (AvgIpc) is 2.20. The number of hydrogen-bond donors (Lipinski definition) is 2. The number of nitrogens with two attached hydrogens (primary N) is 1. The van der Waals surface area contributed by atoms with Crippen molar-refractivity contribution in [1.29, 1.82) is 0 Å². The van der Waals surface area contributed by atoms with Crippen LogP contribution in [0.4, 0.5) is 0 Å². The first-order chi connectivity index (χ1) is 7.70. The quantitative estimate of drug-likeness (QED) is 0.826. The van der Waals surface area contributed by atoms with Crippen LogP contribution in [0.3, 0.4) is 0 Å². The van der Waals surface area contributed by atoms with Crippen LogP contribution in [-0.2, 0) is 4.79 Å². The van der Waals surface area contributed by atoms with Crippen molar-refractivity contribution in [2.45, 2.75) is 56.7 Å². The molecule has 2 aliphatic rings. The molecule has 0 aromatic heterocycles. The van der Waals surface area contributed by atoms with Gasteiger partial charge in [0.1, 0.15) is 0 Å². The van der Waals surface area contributed by atoms with Gasteiger partial charge in [-0.2, -0.15) is 0 Å². The number of piperidine rings is 2. The summed E-state index contributed by atoms with van der Waals surface area (Å²) in [5, 5.41) is 3.12. The van der Waals surface area contributed by atoms with E-state index in [1.807, 2.05) is 0 Å². The zero-order valence-electron chi connectivity index (χ0n) is 10.9.